The average Bonchev–Trinajstić information content (AvgIpc) is 3.04. The first-order chi connectivity index (χ1) is 11.8. The number of nitrogens with one attached hydrogen (secondary N) is 2. The minimum absolute atomic E-state index is 0.332. The molecule has 2 aromatic heterocycles. The van der Waals surface area contributed by atoms with E-state index in [2.05, 4.69) is 25.9 Å². The number of nitrogens with zero attached hydrogens (tertiary/aromatic N) is 4. The van der Waals surface area contributed by atoms with Crippen molar-refractivity contribution in [3.05, 3.63) is 42.2 Å². The van der Waals surface area contributed by atoms with Crippen molar-refractivity contribution in [2.45, 2.75) is 12.8 Å². The van der Waals surface area contributed by atoms with Crippen molar-refractivity contribution in [2.75, 3.05) is 25.0 Å². The molecule has 1 aromatic carbocycles. The third-order valence-corrected chi connectivity index (χ3v) is 4.41. The van der Waals surface area contributed by atoms with Gasteiger partial charge in [0.2, 0.25) is 0 Å². The first-order valence-corrected chi connectivity index (χ1v) is 8.23. The summed E-state index contributed by atoms with van der Waals surface area (Å²) < 4.78 is 15.6. The van der Waals surface area contributed by atoms with Gasteiger partial charge in [0, 0.05) is 6.54 Å². The summed E-state index contributed by atoms with van der Waals surface area (Å²) in [5.74, 6) is 1.48. The van der Waals surface area contributed by atoms with Crippen molar-refractivity contribution < 1.29 is 4.39 Å². The first-order valence-electron chi connectivity index (χ1n) is 8.23. The van der Waals surface area contributed by atoms with Crippen LogP contribution in [-0.2, 0) is 0 Å². The average molecular weight is 326 g/mol. The van der Waals surface area contributed by atoms with Crippen molar-refractivity contribution >= 4 is 11.5 Å². The Morgan fingerprint density at radius 2 is 1.96 bits per heavy atom. The number of aromatic nitrogens is 4. The van der Waals surface area contributed by atoms with Crippen molar-refractivity contribution in [1.29, 1.82) is 0 Å². The van der Waals surface area contributed by atoms with Gasteiger partial charge in [0.05, 0.1) is 5.56 Å². The summed E-state index contributed by atoms with van der Waals surface area (Å²) in [5, 5.41) is 19.4. The molecular formula is C17H19FN6. The highest BCUT2D eigenvalue weighted by Gasteiger charge is 2.15. The Morgan fingerprint density at radius 1 is 1.12 bits per heavy atom. The number of benzene rings is 1. The topological polar surface area (TPSA) is 67.1 Å². The maximum absolute atomic E-state index is 14.0. The lowest BCUT2D eigenvalue weighted by atomic mass is 9.98. The van der Waals surface area contributed by atoms with Gasteiger partial charge in [-0.05, 0) is 56.1 Å². The van der Waals surface area contributed by atoms with Gasteiger partial charge in [-0.3, -0.25) is 0 Å². The summed E-state index contributed by atoms with van der Waals surface area (Å²) in [6.45, 7) is 3.03. The molecule has 0 atom stereocenters. The number of piperidine rings is 1. The fourth-order valence-electron chi connectivity index (χ4n) is 3.03. The minimum Gasteiger partial charge on any atom is -0.368 e. The van der Waals surface area contributed by atoms with E-state index in [9.17, 15) is 4.39 Å². The van der Waals surface area contributed by atoms with E-state index in [0.717, 1.165) is 25.5 Å². The Kier molecular flexibility index (Phi) is 4.08. The lowest BCUT2D eigenvalue weighted by molar-refractivity contribution is 0.389. The van der Waals surface area contributed by atoms with E-state index in [1.54, 1.807) is 22.7 Å². The molecule has 7 heteroatoms. The molecule has 1 aliphatic rings. The molecule has 3 aromatic rings. The highest BCUT2D eigenvalue weighted by molar-refractivity contribution is 5.60. The quantitative estimate of drug-likeness (QED) is 0.770. The Hall–Kier alpha value is -2.54. The summed E-state index contributed by atoms with van der Waals surface area (Å²) >= 11 is 0. The van der Waals surface area contributed by atoms with Gasteiger partial charge in [-0.25, -0.2) is 4.39 Å². The van der Waals surface area contributed by atoms with Crippen LogP contribution in [0.4, 0.5) is 10.2 Å². The van der Waals surface area contributed by atoms with Crippen molar-refractivity contribution in [3.8, 4) is 11.4 Å². The van der Waals surface area contributed by atoms with Gasteiger partial charge in [-0.1, -0.05) is 12.1 Å². The molecule has 0 spiro atoms. The molecule has 0 radical (unpaired) electrons. The van der Waals surface area contributed by atoms with Crippen LogP contribution in [0.25, 0.3) is 17.0 Å². The maximum atomic E-state index is 14.0. The number of hydrogen-bond donors (Lipinski definition) is 2. The third-order valence-electron chi connectivity index (χ3n) is 4.41. The number of anilines is 1. The molecule has 6 nitrogen and oxygen atoms in total. The van der Waals surface area contributed by atoms with Gasteiger partial charge in [0.1, 0.15) is 11.6 Å². The van der Waals surface area contributed by atoms with Crippen LogP contribution in [0.15, 0.2) is 36.4 Å². The Bertz CT molecular complexity index is 840. The smallest absolute Gasteiger partial charge is 0.188 e. The van der Waals surface area contributed by atoms with E-state index < -0.39 is 0 Å². The van der Waals surface area contributed by atoms with E-state index in [0.29, 0.717) is 23.0 Å². The SMILES string of the molecule is Fc1ccccc1-c1nnc2ccc(NCC3CCNCC3)nn12. The summed E-state index contributed by atoms with van der Waals surface area (Å²) in [6.07, 6.45) is 2.34. The predicted molar refractivity (Wildman–Crippen MR) is 90.3 cm³/mol. The largest absolute Gasteiger partial charge is 0.368 e. The molecule has 1 aliphatic heterocycles. The van der Waals surface area contributed by atoms with Gasteiger partial charge < -0.3 is 10.6 Å². The molecule has 4 rings (SSSR count). The summed E-state index contributed by atoms with van der Waals surface area (Å²) in [6, 6.07) is 10.3. The molecular weight excluding hydrogens is 307 g/mol. The van der Waals surface area contributed by atoms with Crippen LogP contribution in [-0.4, -0.2) is 39.4 Å². The van der Waals surface area contributed by atoms with Gasteiger partial charge in [0.25, 0.3) is 0 Å². The maximum Gasteiger partial charge on any atom is 0.188 e. The molecule has 0 aliphatic carbocycles. The molecule has 2 N–H and O–H groups in total. The van der Waals surface area contributed by atoms with Crippen LogP contribution in [0, 0.1) is 11.7 Å². The van der Waals surface area contributed by atoms with Crippen molar-refractivity contribution in [2.24, 2.45) is 5.92 Å². The van der Waals surface area contributed by atoms with Crippen molar-refractivity contribution in [3.63, 3.8) is 0 Å². The van der Waals surface area contributed by atoms with Crippen molar-refractivity contribution in [1.82, 2.24) is 25.1 Å². The third kappa shape index (κ3) is 2.94. The van der Waals surface area contributed by atoms with E-state index in [1.807, 2.05) is 12.1 Å². The highest BCUT2D eigenvalue weighted by atomic mass is 19.1. The number of fused-ring (bicyclic) bond motifs is 1. The van der Waals surface area contributed by atoms with Crippen LogP contribution in [0.5, 0.6) is 0 Å². The Morgan fingerprint density at radius 3 is 2.79 bits per heavy atom. The number of hydrogen-bond acceptors (Lipinski definition) is 5. The van der Waals surface area contributed by atoms with Gasteiger partial charge in [-0.15, -0.1) is 15.3 Å². The fourth-order valence-corrected chi connectivity index (χ4v) is 3.03. The molecule has 1 fully saturated rings. The zero-order valence-corrected chi connectivity index (χ0v) is 13.2. The molecule has 1 saturated heterocycles. The van der Waals surface area contributed by atoms with E-state index in [4.69, 9.17) is 0 Å². The van der Waals surface area contributed by atoms with E-state index >= 15 is 0 Å². The monoisotopic (exact) mass is 326 g/mol. The zero-order chi connectivity index (χ0) is 16.4. The van der Waals surface area contributed by atoms with Gasteiger partial charge >= 0.3 is 0 Å². The minimum atomic E-state index is -0.332. The second-order valence-electron chi connectivity index (χ2n) is 6.07. The molecule has 24 heavy (non-hydrogen) atoms. The first kappa shape index (κ1) is 15.0. The van der Waals surface area contributed by atoms with Gasteiger partial charge in [0.15, 0.2) is 11.5 Å². The van der Waals surface area contributed by atoms with E-state index in [-0.39, 0.29) is 5.82 Å². The summed E-state index contributed by atoms with van der Waals surface area (Å²) in [5.41, 5.74) is 0.994. The van der Waals surface area contributed by atoms with Crippen LogP contribution >= 0.6 is 0 Å². The van der Waals surface area contributed by atoms with Gasteiger partial charge in [-0.2, -0.15) is 4.52 Å². The second kappa shape index (κ2) is 6.52. The van der Waals surface area contributed by atoms with E-state index in [1.165, 1.54) is 18.9 Å². The second-order valence-corrected chi connectivity index (χ2v) is 6.07. The van der Waals surface area contributed by atoms with Crippen LogP contribution in [0.3, 0.4) is 0 Å². The number of rotatable bonds is 4. The lowest BCUT2D eigenvalue weighted by Gasteiger charge is -2.22. The molecule has 0 saturated carbocycles. The molecule has 0 unspecified atom stereocenters. The fraction of sp³-hybridized carbons (Fsp3) is 0.353. The molecule has 3 heterocycles. The molecule has 0 amide bonds. The zero-order valence-electron chi connectivity index (χ0n) is 13.2. The lowest BCUT2D eigenvalue weighted by Crippen LogP contribution is -2.31. The standard InChI is InChI=1S/C17H19FN6/c18-14-4-2-1-3-13(14)17-22-21-16-6-5-15(23-24(16)17)20-11-12-7-9-19-10-8-12/h1-6,12,19H,7-11H2,(H,20,23). The Labute approximate surface area is 139 Å². The highest BCUT2D eigenvalue weighted by Crippen LogP contribution is 2.21. The van der Waals surface area contributed by atoms with Crippen LogP contribution < -0.4 is 10.6 Å². The normalized spacial score (nSPS) is 15.7. The Balaban J connectivity index is 1.60. The predicted octanol–water partition coefficient (Wildman–Crippen LogP) is 2.34. The number of halogens is 1. The molecule has 0 bridgehead atoms. The summed E-state index contributed by atoms with van der Waals surface area (Å²) in [7, 11) is 0. The van der Waals surface area contributed by atoms with Crippen LogP contribution in [0.2, 0.25) is 0 Å². The molecule has 124 valence electrons. The van der Waals surface area contributed by atoms with Crippen LogP contribution in [0.1, 0.15) is 12.8 Å². The summed E-state index contributed by atoms with van der Waals surface area (Å²) in [4.78, 5) is 0.